The molecule has 1 aromatic carbocycles. The van der Waals surface area contributed by atoms with Gasteiger partial charge in [-0.25, -0.2) is 4.79 Å². The van der Waals surface area contributed by atoms with Gasteiger partial charge in [-0.3, -0.25) is 4.79 Å². The van der Waals surface area contributed by atoms with Crippen LogP contribution in [0.3, 0.4) is 0 Å². The first-order valence-electron chi connectivity index (χ1n) is 8.88. The fourth-order valence-corrected chi connectivity index (χ4v) is 2.47. The van der Waals surface area contributed by atoms with Crippen LogP contribution in [0.4, 0.5) is 0 Å². The normalized spacial score (nSPS) is 13.0. The van der Waals surface area contributed by atoms with Crippen LogP contribution < -0.4 is 5.32 Å². The summed E-state index contributed by atoms with van der Waals surface area (Å²) >= 11 is 0. The first-order valence-corrected chi connectivity index (χ1v) is 8.88. The number of carboxylic acid groups (broad SMARTS) is 1. The van der Waals surface area contributed by atoms with Gasteiger partial charge in [-0.1, -0.05) is 71.9 Å². The molecule has 0 aliphatic carbocycles. The van der Waals surface area contributed by atoms with E-state index in [0.717, 1.165) is 5.56 Å². The van der Waals surface area contributed by atoms with Crippen LogP contribution in [-0.2, 0) is 16.0 Å². The van der Waals surface area contributed by atoms with E-state index < -0.39 is 12.0 Å². The number of rotatable bonds is 8. The maximum atomic E-state index is 12.5. The van der Waals surface area contributed by atoms with Crippen molar-refractivity contribution in [2.45, 2.75) is 60.4 Å². The number of benzene rings is 1. The third-order valence-electron chi connectivity index (χ3n) is 3.76. The van der Waals surface area contributed by atoms with E-state index in [2.05, 4.69) is 5.32 Å². The van der Waals surface area contributed by atoms with Crippen LogP contribution in [0, 0.1) is 17.8 Å². The summed E-state index contributed by atoms with van der Waals surface area (Å²) in [6, 6.07) is 9.01. The number of nitrogens with one attached hydrogen (secondary N) is 1. The van der Waals surface area contributed by atoms with Crippen LogP contribution in [0.25, 0.3) is 0 Å². The van der Waals surface area contributed by atoms with Crippen LogP contribution in [0.5, 0.6) is 0 Å². The molecule has 0 aliphatic heterocycles. The van der Waals surface area contributed by atoms with Gasteiger partial charge in [0.15, 0.2) is 0 Å². The molecule has 4 nitrogen and oxygen atoms in total. The van der Waals surface area contributed by atoms with Gasteiger partial charge in [0.05, 0.1) is 0 Å². The first-order chi connectivity index (χ1) is 11.3. The lowest BCUT2D eigenvalue weighted by molar-refractivity contribution is -0.143. The zero-order valence-electron chi connectivity index (χ0n) is 15.9. The second kappa shape index (κ2) is 11.7. The Morgan fingerprint density at radius 2 is 1.58 bits per heavy atom. The van der Waals surface area contributed by atoms with Crippen molar-refractivity contribution in [3.8, 4) is 0 Å². The molecule has 2 atom stereocenters. The van der Waals surface area contributed by atoms with Crippen molar-refractivity contribution >= 4 is 11.9 Å². The van der Waals surface area contributed by atoms with Gasteiger partial charge in [-0.2, -0.15) is 0 Å². The molecule has 0 heterocycles. The molecule has 24 heavy (non-hydrogen) atoms. The zero-order chi connectivity index (χ0) is 18.7. The summed E-state index contributed by atoms with van der Waals surface area (Å²) in [4.78, 5) is 23.8. The monoisotopic (exact) mass is 335 g/mol. The fraction of sp³-hybridized carbons (Fsp3) is 0.600. The molecule has 0 fully saturated rings. The summed E-state index contributed by atoms with van der Waals surface area (Å²) in [5.41, 5.74) is 1.09. The van der Waals surface area contributed by atoms with Gasteiger partial charge in [0, 0.05) is 5.92 Å². The van der Waals surface area contributed by atoms with E-state index in [1.807, 2.05) is 71.9 Å². The second-order valence-electron chi connectivity index (χ2n) is 6.57. The number of carbonyl (C=O) groups excluding carboxylic acids is 1. The summed E-state index contributed by atoms with van der Waals surface area (Å²) in [6.07, 6.45) is 1.07. The number of carboxylic acids is 1. The van der Waals surface area contributed by atoms with Crippen molar-refractivity contribution < 1.29 is 14.7 Å². The van der Waals surface area contributed by atoms with E-state index in [1.54, 1.807) is 0 Å². The number of aliphatic carboxylic acids is 1. The standard InChI is InChI=1S/C18H27NO3.C2H6/c1-12(2)10-16(18(21)22)19-17(20)15(13(3)4)11-14-8-6-5-7-9-14;1-2/h5-9,12-13,15-16H,10-11H2,1-4H3,(H,19,20)(H,21,22);1-2H3. The average molecular weight is 335 g/mol. The maximum absolute atomic E-state index is 12.5. The second-order valence-corrected chi connectivity index (χ2v) is 6.57. The van der Waals surface area contributed by atoms with Crippen molar-refractivity contribution in [3.63, 3.8) is 0 Å². The smallest absolute Gasteiger partial charge is 0.326 e. The minimum atomic E-state index is -0.968. The van der Waals surface area contributed by atoms with Crippen molar-refractivity contribution in [1.82, 2.24) is 5.32 Å². The van der Waals surface area contributed by atoms with Gasteiger partial charge in [0.2, 0.25) is 5.91 Å². The van der Waals surface area contributed by atoms with Crippen LogP contribution >= 0.6 is 0 Å². The summed E-state index contributed by atoms with van der Waals surface area (Å²) in [7, 11) is 0. The van der Waals surface area contributed by atoms with Crippen LogP contribution in [0.1, 0.15) is 53.5 Å². The number of carbonyl (C=O) groups is 2. The molecule has 2 N–H and O–H groups in total. The van der Waals surface area contributed by atoms with Gasteiger partial charge in [-0.15, -0.1) is 0 Å². The molecular formula is C20H33NO3. The predicted octanol–water partition coefficient (Wildman–Crippen LogP) is 4.14. The number of hydrogen-bond acceptors (Lipinski definition) is 2. The lowest BCUT2D eigenvalue weighted by Crippen LogP contribution is -2.45. The maximum Gasteiger partial charge on any atom is 0.326 e. The van der Waals surface area contributed by atoms with Crippen molar-refractivity contribution in [2.75, 3.05) is 0 Å². The highest BCUT2D eigenvalue weighted by Gasteiger charge is 2.27. The molecule has 0 bridgehead atoms. The summed E-state index contributed by atoms with van der Waals surface area (Å²) < 4.78 is 0. The van der Waals surface area contributed by atoms with E-state index in [0.29, 0.717) is 12.8 Å². The van der Waals surface area contributed by atoms with Gasteiger partial charge in [-0.05, 0) is 30.2 Å². The molecule has 0 saturated carbocycles. The van der Waals surface area contributed by atoms with Gasteiger partial charge in [0.25, 0.3) is 0 Å². The Labute approximate surface area is 146 Å². The van der Waals surface area contributed by atoms with Crippen molar-refractivity contribution in [1.29, 1.82) is 0 Å². The van der Waals surface area contributed by atoms with Gasteiger partial charge < -0.3 is 10.4 Å². The Morgan fingerprint density at radius 3 is 2.00 bits per heavy atom. The highest BCUT2D eigenvalue weighted by atomic mass is 16.4. The SMILES string of the molecule is CC.CC(C)CC(NC(=O)C(Cc1ccccc1)C(C)C)C(=O)O. The van der Waals surface area contributed by atoms with Gasteiger partial charge in [0.1, 0.15) is 6.04 Å². The fourth-order valence-electron chi connectivity index (χ4n) is 2.47. The van der Waals surface area contributed by atoms with Crippen LogP contribution in [0.15, 0.2) is 30.3 Å². The molecule has 0 saturated heterocycles. The predicted molar refractivity (Wildman–Crippen MR) is 98.8 cm³/mol. The molecule has 0 spiro atoms. The third kappa shape index (κ3) is 8.14. The Balaban J connectivity index is 0.00000254. The van der Waals surface area contributed by atoms with Crippen LogP contribution in [0.2, 0.25) is 0 Å². The van der Waals surface area contributed by atoms with E-state index in [9.17, 15) is 14.7 Å². The minimum Gasteiger partial charge on any atom is -0.480 e. The zero-order valence-corrected chi connectivity index (χ0v) is 15.9. The first kappa shape index (κ1) is 22.2. The quantitative estimate of drug-likeness (QED) is 0.750. The lowest BCUT2D eigenvalue weighted by Gasteiger charge is -2.24. The molecule has 0 radical (unpaired) electrons. The summed E-state index contributed by atoms with van der Waals surface area (Å²) in [5, 5.41) is 12.0. The van der Waals surface area contributed by atoms with E-state index in [4.69, 9.17) is 0 Å². The molecule has 1 rings (SSSR count). The largest absolute Gasteiger partial charge is 0.480 e. The van der Waals surface area contributed by atoms with E-state index >= 15 is 0 Å². The minimum absolute atomic E-state index is 0.147. The van der Waals surface area contributed by atoms with E-state index in [-0.39, 0.29) is 23.7 Å². The van der Waals surface area contributed by atoms with Crippen molar-refractivity contribution in [2.24, 2.45) is 17.8 Å². The number of amides is 1. The highest BCUT2D eigenvalue weighted by molar-refractivity contribution is 5.85. The Kier molecular flexibility index (Phi) is 10.8. The molecular weight excluding hydrogens is 302 g/mol. The Morgan fingerprint density at radius 1 is 1.04 bits per heavy atom. The summed E-state index contributed by atoms with van der Waals surface area (Å²) in [5.74, 6) is -1.01. The molecule has 1 aromatic rings. The topological polar surface area (TPSA) is 66.4 Å². The molecule has 0 aromatic heterocycles. The highest BCUT2D eigenvalue weighted by Crippen LogP contribution is 2.18. The molecule has 136 valence electrons. The molecule has 0 aliphatic rings. The number of hydrogen-bond donors (Lipinski definition) is 2. The molecule has 2 unspecified atom stereocenters. The molecule has 4 heteroatoms. The Bertz CT molecular complexity index is 483. The average Bonchev–Trinajstić information content (AvgIpc) is 2.54. The van der Waals surface area contributed by atoms with Crippen molar-refractivity contribution in [3.05, 3.63) is 35.9 Å². The Hall–Kier alpha value is -1.84. The van der Waals surface area contributed by atoms with E-state index in [1.165, 1.54) is 0 Å². The van der Waals surface area contributed by atoms with Crippen LogP contribution in [-0.4, -0.2) is 23.0 Å². The summed E-state index contributed by atoms with van der Waals surface area (Å²) in [6.45, 7) is 11.9. The molecule has 1 amide bonds. The van der Waals surface area contributed by atoms with Gasteiger partial charge >= 0.3 is 5.97 Å². The third-order valence-corrected chi connectivity index (χ3v) is 3.76. The lowest BCUT2D eigenvalue weighted by atomic mass is 9.88.